The molecule has 0 saturated carbocycles. The zero-order valence-electron chi connectivity index (χ0n) is 14.3. The summed E-state index contributed by atoms with van der Waals surface area (Å²) < 4.78 is 5.14. The third-order valence-corrected chi connectivity index (χ3v) is 3.02. The van der Waals surface area contributed by atoms with E-state index in [4.69, 9.17) is 4.74 Å². The highest BCUT2D eigenvalue weighted by atomic mass is 16.6. The fourth-order valence-corrected chi connectivity index (χ4v) is 1.82. The van der Waals surface area contributed by atoms with Crippen LogP contribution in [0.25, 0.3) is 0 Å². The van der Waals surface area contributed by atoms with Crippen molar-refractivity contribution in [2.24, 2.45) is 0 Å². The zero-order valence-corrected chi connectivity index (χ0v) is 14.3. The minimum absolute atomic E-state index is 0.0578. The van der Waals surface area contributed by atoms with E-state index in [0.29, 0.717) is 5.56 Å². The summed E-state index contributed by atoms with van der Waals surface area (Å²) in [6.45, 7) is 8.44. The van der Waals surface area contributed by atoms with Crippen molar-refractivity contribution in [2.45, 2.75) is 51.9 Å². The lowest BCUT2D eigenvalue weighted by atomic mass is 10.0. The van der Waals surface area contributed by atoms with Crippen LogP contribution in [-0.2, 0) is 9.53 Å². The highest BCUT2D eigenvalue weighted by Gasteiger charge is 2.31. The molecule has 1 rings (SSSR count). The molecule has 6 heteroatoms. The third kappa shape index (κ3) is 6.69. The molecule has 0 heterocycles. The highest BCUT2D eigenvalue weighted by molar-refractivity contribution is 5.89. The van der Waals surface area contributed by atoms with Crippen LogP contribution in [-0.4, -0.2) is 34.8 Å². The summed E-state index contributed by atoms with van der Waals surface area (Å²) in [5.41, 5.74) is -1.08. The van der Waals surface area contributed by atoms with Crippen molar-refractivity contribution < 1.29 is 19.4 Å². The van der Waals surface area contributed by atoms with Gasteiger partial charge in [0.15, 0.2) is 0 Å². The Bertz CT molecular complexity index is 535. The van der Waals surface area contributed by atoms with Crippen LogP contribution in [0.1, 0.15) is 46.3 Å². The van der Waals surface area contributed by atoms with E-state index in [9.17, 15) is 14.7 Å². The number of aliphatic hydroxyl groups is 1. The Kier molecular flexibility index (Phi) is 6.15. The number of hydrogen-bond acceptors (Lipinski definition) is 4. The van der Waals surface area contributed by atoms with Crippen LogP contribution in [0.3, 0.4) is 0 Å². The summed E-state index contributed by atoms with van der Waals surface area (Å²) >= 11 is 0. The summed E-state index contributed by atoms with van der Waals surface area (Å²) in [6.07, 6.45) is -1.47. The number of carbonyl (C=O) groups is 2. The normalized spacial score (nSPS) is 13.1. The van der Waals surface area contributed by atoms with Crippen LogP contribution < -0.4 is 10.6 Å². The van der Waals surface area contributed by atoms with Gasteiger partial charge in [0, 0.05) is 6.54 Å². The molecule has 1 aromatic rings. The minimum Gasteiger partial charge on any atom is -0.444 e. The van der Waals surface area contributed by atoms with Gasteiger partial charge in [-0.15, -0.1) is 0 Å². The number of aliphatic hydroxyl groups excluding tert-OH is 1. The summed E-state index contributed by atoms with van der Waals surface area (Å²) in [5, 5.41) is 15.2. The second kappa shape index (κ2) is 7.46. The van der Waals surface area contributed by atoms with E-state index in [1.54, 1.807) is 46.8 Å². The molecule has 0 bridgehead atoms. The Labute approximate surface area is 137 Å². The number of nitrogens with one attached hydrogen (secondary N) is 2. The van der Waals surface area contributed by atoms with Gasteiger partial charge in [-0.2, -0.15) is 0 Å². The van der Waals surface area contributed by atoms with Gasteiger partial charge in [0.1, 0.15) is 11.1 Å². The fourth-order valence-electron chi connectivity index (χ4n) is 1.82. The van der Waals surface area contributed by atoms with Crippen LogP contribution in [0, 0.1) is 0 Å². The lowest BCUT2D eigenvalue weighted by Crippen LogP contribution is -2.56. The number of hydrogen-bond donors (Lipinski definition) is 3. The van der Waals surface area contributed by atoms with E-state index in [1.165, 1.54) is 0 Å². The van der Waals surface area contributed by atoms with E-state index < -0.39 is 29.2 Å². The third-order valence-electron chi connectivity index (χ3n) is 3.02. The predicted molar refractivity (Wildman–Crippen MR) is 87.9 cm³/mol. The molecular weight excluding hydrogens is 296 g/mol. The van der Waals surface area contributed by atoms with Crippen molar-refractivity contribution >= 4 is 12.0 Å². The van der Waals surface area contributed by atoms with E-state index in [0.717, 1.165) is 0 Å². The van der Waals surface area contributed by atoms with Crippen LogP contribution in [0.5, 0.6) is 0 Å². The Hall–Kier alpha value is -2.08. The molecule has 2 amide bonds. The van der Waals surface area contributed by atoms with Crippen molar-refractivity contribution in [3.63, 3.8) is 0 Å². The maximum Gasteiger partial charge on any atom is 0.408 e. The first kappa shape index (κ1) is 19.0. The standard InChI is InChI=1S/C17H26N2O4/c1-16(2,3)23-15(22)19-17(4,5)14(21)18-11-13(20)12-9-7-6-8-10-12/h6-10,13,20H,11H2,1-5H3,(H,18,21)(H,19,22). The molecule has 0 saturated heterocycles. The number of rotatable bonds is 5. The molecule has 1 aromatic carbocycles. The molecule has 0 aliphatic rings. The Morgan fingerprint density at radius 3 is 2.22 bits per heavy atom. The lowest BCUT2D eigenvalue weighted by Gasteiger charge is -2.28. The van der Waals surface area contributed by atoms with Crippen LogP contribution in [0.2, 0.25) is 0 Å². The first-order valence-corrected chi connectivity index (χ1v) is 7.54. The molecule has 0 spiro atoms. The van der Waals surface area contributed by atoms with Gasteiger partial charge in [0.2, 0.25) is 5.91 Å². The Morgan fingerprint density at radius 1 is 1.13 bits per heavy atom. The second-order valence-corrected chi connectivity index (χ2v) is 6.89. The maximum atomic E-state index is 12.2. The van der Waals surface area contributed by atoms with Crippen molar-refractivity contribution in [1.82, 2.24) is 10.6 Å². The van der Waals surface area contributed by atoms with Gasteiger partial charge in [0.05, 0.1) is 6.10 Å². The van der Waals surface area contributed by atoms with Crippen molar-refractivity contribution in [1.29, 1.82) is 0 Å². The quantitative estimate of drug-likeness (QED) is 0.775. The van der Waals surface area contributed by atoms with Gasteiger partial charge in [-0.05, 0) is 40.2 Å². The lowest BCUT2D eigenvalue weighted by molar-refractivity contribution is -0.126. The average molecular weight is 322 g/mol. The Morgan fingerprint density at radius 2 is 1.70 bits per heavy atom. The summed E-state index contributed by atoms with van der Waals surface area (Å²) in [5.74, 6) is -0.404. The van der Waals surface area contributed by atoms with Crippen LogP contribution in [0.15, 0.2) is 30.3 Å². The molecule has 0 aliphatic heterocycles. The first-order chi connectivity index (χ1) is 10.5. The zero-order chi connectivity index (χ0) is 17.7. The summed E-state index contributed by atoms with van der Waals surface area (Å²) in [6, 6.07) is 9.03. The number of alkyl carbamates (subject to hydrolysis) is 1. The van der Waals surface area contributed by atoms with Gasteiger partial charge in [-0.1, -0.05) is 30.3 Å². The number of ether oxygens (including phenoxy) is 1. The molecule has 23 heavy (non-hydrogen) atoms. The van der Waals surface area contributed by atoms with Crippen LogP contribution in [0.4, 0.5) is 4.79 Å². The fraction of sp³-hybridized carbons (Fsp3) is 0.529. The summed E-state index contributed by atoms with van der Waals surface area (Å²) in [7, 11) is 0. The highest BCUT2D eigenvalue weighted by Crippen LogP contribution is 2.12. The minimum atomic E-state index is -1.15. The molecular formula is C17H26N2O4. The van der Waals surface area contributed by atoms with E-state index in [-0.39, 0.29) is 6.54 Å². The molecule has 0 radical (unpaired) electrons. The number of carbonyl (C=O) groups excluding carboxylic acids is 2. The molecule has 1 unspecified atom stereocenters. The number of benzene rings is 1. The van der Waals surface area contributed by atoms with Gasteiger partial charge in [0.25, 0.3) is 0 Å². The van der Waals surface area contributed by atoms with Crippen molar-refractivity contribution in [3.05, 3.63) is 35.9 Å². The molecule has 0 aliphatic carbocycles. The Balaban J connectivity index is 2.53. The molecule has 3 N–H and O–H groups in total. The smallest absolute Gasteiger partial charge is 0.408 e. The summed E-state index contributed by atoms with van der Waals surface area (Å²) in [4.78, 5) is 24.0. The molecule has 6 nitrogen and oxygen atoms in total. The molecule has 128 valence electrons. The maximum absolute atomic E-state index is 12.2. The predicted octanol–water partition coefficient (Wildman–Crippen LogP) is 2.14. The van der Waals surface area contributed by atoms with Gasteiger partial charge in [-0.3, -0.25) is 4.79 Å². The largest absolute Gasteiger partial charge is 0.444 e. The van der Waals surface area contributed by atoms with Gasteiger partial charge < -0.3 is 20.5 Å². The topological polar surface area (TPSA) is 87.7 Å². The molecule has 0 aromatic heterocycles. The average Bonchev–Trinajstić information content (AvgIpc) is 2.42. The van der Waals surface area contributed by atoms with Crippen molar-refractivity contribution in [2.75, 3.05) is 6.54 Å². The van der Waals surface area contributed by atoms with E-state index in [2.05, 4.69) is 10.6 Å². The molecule has 1 atom stereocenters. The van der Waals surface area contributed by atoms with Gasteiger partial charge >= 0.3 is 6.09 Å². The first-order valence-electron chi connectivity index (χ1n) is 7.54. The second-order valence-electron chi connectivity index (χ2n) is 6.89. The van der Waals surface area contributed by atoms with E-state index >= 15 is 0 Å². The van der Waals surface area contributed by atoms with Crippen LogP contribution >= 0.6 is 0 Å². The van der Waals surface area contributed by atoms with Crippen molar-refractivity contribution in [3.8, 4) is 0 Å². The van der Waals surface area contributed by atoms with E-state index in [1.807, 2.05) is 18.2 Å². The monoisotopic (exact) mass is 322 g/mol. The number of amides is 2. The van der Waals surface area contributed by atoms with Gasteiger partial charge in [-0.25, -0.2) is 4.79 Å². The molecule has 0 fully saturated rings. The SMILES string of the molecule is CC(C)(C)OC(=O)NC(C)(C)C(=O)NCC(O)c1ccccc1.